The van der Waals surface area contributed by atoms with E-state index in [1.54, 1.807) is 30.3 Å². The van der Waals surface area contributed by atoms with Crippen LogP contribution in [-0.2, 0) is 14.3 Å². The normalized spacial score (nSPS) is 13.6. The first-order valence-electron chi connectivity index (χ1n) is 8.98. The number of hydrogen-bond acceptors (Lipinski definition) is 7. The van der Waals surface area contributed by atoms with Gasteiger partial charge in [0.1, 0.15) is 5.56 Å². The highest BCUT2D eigenvalue weighted by molar-refractivity contribution is 6.23. The van der Waals surface area contributed by atoms with Gasteiger partial charge in [0.25, 0.3) is 23.4 Å². The molecule has 10 nitrogen and oxygen atoms in total. The molecule has 3 rings (SSSR count). The molecule has 0 bridgehead atoms. The molecule has 1 heterocycles. The van der Waals surface area contributed by atoms with E-state index in [9.17, 15) is 29.3 Å². The molecule has 0 aromatic heterocycles. The minimum atomic E-state index is -1.10. The molecule has 2 aromatic rings. The van der Waals surface area contributed by atoms with Crippen LogP contribution in [-0.4, -0.2) is 46.2 Å². The van der Waals surface area contributed by atoms with Crippen LogP contribution in [0.5, 0.6) is 0 Å². The monoisotopic (exact) mass is 411 g/mol. The number of rotatable bonds is 7. The van der Waals surface area contributed by atoms with Crippen molar-refractivity contribution in [2.24, 2.45) is 0 Å². The Kier molecular flexibility index (Phi) is 5.86. The molecule has 0 fully saturated rings. The van der Waals surface area contributed by atoms with Gasteiger partial charge in [0.15, 0.2) is 6.10 Å². The van der Waals surface area contributed by atoms with Gasteiger partial charge in [-0.2, -0.15) is 0 Å². The molecule has 0 spiro atoms. The van der Waals surface area contributed by atoms with Crippen LogP contribution in [0.4, 0.5) is 11.4 Å². The molecule has 0 aliphatic carbocycles. The van der Waals surface area contributed by atoms with E-state index in [4.69, 9.17) is 4.74 Å². The average molecular weight is 411 g/mol. The lowest BCUT2D eigenvalue weighted by atomic mass is 10.1. The molecule has 1 atom stereocenters. The summed E-state index contributed by atoms with van der Waals surface area (Å²) < 4.78 is 5.05. The first-order chi connectivity index (χ1) is 14.3. The molecule has 1 aliphatic rings. The van der Waals surface area contributed by atoms with Crippen LogP contribution >= 0.6 is 0 Å². The molecule has 0 saturated heterocycles. The van der Waals surface area contributed by atoms with Gasteiger partial charge in [-0.05, 0) is 25.1 Å². The number of benzene rings is 2. The Labute approximate surface area is 170 Å². The van der Waals surface area contributed by atoms with E-state index in [0.717, 1.165) is 11.0 Å². The molecular weight excluding hydrogens is 394 g/mol. The lowest BCUT2D eigenvalue weighted by molar-refractivity contribution is -0.385. The van der Waals surface area contributed by atoms with Gasteiger partial charge >= 0.3 is 5.97 Å². The van der Waals surface area contributed by atoms with Gasteiger partial charge in [-0.1, -0.05) is 24.3 Å². The number of carbonyl (C=O) groups is 4. The fourth-order valence-corrected chi connectivity index (χ4v) is 2.95. The number of ether oxygens (including phenoxy) is 1. The number of nitrogens with one attached hydrogen (secondary N) is 1. The molecule has 0 unspecified atom stereocenters. The summed E-state index contributed by atoms with van der Waals surface area (Å²) in [5.41, 5.74) is -0.310. The van der Waals surface area contributed by atoms with Crippen molar-refractivity contribution in [1.29, 1.82) is 0 Å². The Morgan fingerprint density at radius 1 is 1.10 bits per heavy atom. The van der Waals surface area contributed by atoms with Crippen molar-refractivity contribution in [3.05, 3.63) is 69.8 Å². The van der Waals surface area contributed by atoms with Crippen LogP contribution in [0.25, 0.3) is 0 Å². The highest BCUT2D eigenvalue weighted by Crippen LogP contribution is 2.30. The summed E-state index contributed by atoms with van der Waals surface area (Å²) in [6.07, 6.45) is -1.46. The zero-order chi connectivity index (χ0) is 21.8. The van der Waals surface area contributed by atoms with E-state index in [-0.39, 0.29) is 24.1 Å². The minimum absolute atomic E-state index is 0.0850. The Morgan fingerprint density at radius 3 is 2.47 bits per heavy atom. The summed E-state index contributed by atoms with van der Waals surface area (Å²) in [4.78, 5) is 60.1. The number of carbonyl (C=O) groups excluding carboxylic acids is 4. The maximum atomic E-state index is 12.5. The number of nitro benzene ring substituents is 1. The molecule has 154 valence electrons. The molecule has 0 radical (unpaired) electrons. The number of anilines is 1. The molecule has 1 N–H and O–H groups in total. The quantitative estimate of drug-likeness (QED) is 0.319. The maximum Gasteiger partial charge on any atom is 0.308 e. The summed E-state index contributed by atoms with van der Waals surface area (Å²) in [5, 5.41) is 13.7. The van der Waals surface area contributed by atoms with Crippen LogP contribution in [0, 0.1) is 10.1 Å². The first kappa shape index (κ1) is 20.6. The summed E-state index contributed by atoms with van der Waals surface area (Å²) in [6.45, 7) is 1.07. The molecular formula is C20H17N3O7. The van der Waals surface area contributed by atoms with Crippen LogP contribution in [0.1, 0.15) is 34.1 Å². The third-order valence-corrected chi connectivity index (χ3v) is 4.43. The Balaban J connectivity index is 1.58. The van der Waals surface area contributed by atoms with Crippen molar-refractivity contribution in [1.82, 2.24) is 4.90 Å². The molecule has 2 aromatic carbocycles. The number of nitrogens with zero attached hydrogens (tertiary/aromatic N) is 2. The van der Waals surface area contributed by atoms with Gasteiger partial charge in [0.2, 0.25) is 0 Å². The van der Waals surface area contributed by atoms with Crippen molar-refractivity contribution < 1.29 is 28.8 Å². The van der Waals surface area contributed by atoms with Crippen molar-refractivity contribution in [3.8, 4) is 0 Å². The van der Waals surface area contributed by atoms with Crippen LogP contribution in [0.3, 0.4) is 0 Å². The topological polar surface area (TPSA) is 136 Å². The highest BCUT2D eigenvalue weighted by Gasteiger charge is 2.40. The Hall–Kier alpha value is -4.08. The van der Waals surface area contributed by atoms with Crippen molar-refractivity contribution in [2.45, 2.75) is 19.4 Å². The van der Waals surface area contributed by atoms with Gasteiger partial charge < -0.3 is 10.1 Å². The number of nitro groups is 1. The summed E-state index contributed by atoms with van der Waals surface area (Å²) in [7, 11) is 0. The van der Waals surface area contributed by atoms with Gasteiger partial charge in [-0.25, -0.2) is 0 Å². The second kappa shape index (κ2) is 8.52. The fraction of sp³-hybridized carbons (Fsp3) is 0.200. The van der Waals surface area contributed by atoms with Crippen molar-refractivity contribution >= 4 is 35.1 Å². The van der Waals surface area contributed by atoms with Crippen LogP contribution < -0.4 is 5.32 Å². The summed E-state index contributed by atoms with van der Waals surface area (Å²) in [5.74, 6) is -2.89. The first-order valence-corrected chi connectivity index (χ1v) is 8.98. The number of fused-ring (bicyclic) bond motifs is 1. The molecule has 30 heavy (non-hydrogen) atoms. The Bertz CT molecular complexity index is 1040. The largest absolute Gasteiger partial charge is 0.452 e. The van der Waals surface area contributed by atoms with E-state index >= 15 is 0 Å². The lowest BCUT2D eigenvalue weighted by Crippen LogP contribution is -2.34. The van der Waals surface area contributed by atoms with Crippen LogP contribution in [0.15, 0.2) is 48.5 Å². The third kappa shape index (κ3) is 4.17. The zero-order valence-electron chi connectivity index (χ0n) is 15.9. The van der Waals surface area contributed by atoms with E-state index < -0.39 is 40.4 Å². The average Bonchev–Trinajstić information content (AvgIpc) is 2.97. The third-order valence-electron chi connectivity index (χ3n) is 4.43. The molecule has 1 aliphatic heterocycles. The van der Waals surface area contributed by atoms with Gasteiger partial charge in [-0.3, -0.25) is 34.2 Å². The smallest absolute Gasteiger partial charge is 0.308 e. The van der Waals surface area contributed by atoms with E-state index in [0.29, 0.717) is 5.69 Å². The Morgan fingerprint density at radius 2 is 1.80 bits per heavy atom. The van der Waals surface area contributed by atoms with Crippen LogP contribution in [0.2, 0.25) is 0 Å². The standard InChI is InChI=1S/C20H17N3O7/c1-12(18(25)21-13-6-3-2-4-7-13)30-16(24)10-11-22-19(26)14-8-5-9-15(23(28)29)17(14)20(22)27/h2-9,12H,10-11H2,1H3,(H,21,25)/t12-/m1/s1. The SMILES string of the molecule is C[C@@H](OC(=O)CCN1C(=O)c2cccc([N+](=O)[O-])c2C1=O)C(=O)Nc1ccccc1. The lowest BCUT2D eigenvalue weighted by Gasteiger charge is -2.16. The summed E-state index contributed by atoms with van der Waals surface area (Å²) in [6, 6.07) is 12.4. The molecule has 3 amide bonds. The second-order valence-corrected chi connectivity index (χ2v) is 6.46. The number of para-hydroxylation sites is 1. The van der Waals surface area contributed by atoms with Gasteiger partial charge in [0.05, 0.1) is 16.9 Å². The number of amides is 3. The zero-order valence-corrected chi connectivity index (χ0v) is 15.9. The minimum Gasteiger partial charge on any atom is -0.452 e. The second-order valence-electron chi connectivity index (χ2n) is 6.46. The highest BCUT2D eigenvalue weighted by atomic mass is 16.6. The number of hydrogen-bond donors (Lipinski definition) is 1. The number of imide groups is 1. The summed E-state index contributed by atoms with van der Waals surface area (Å²) >= 11 is 0. The van der Waals surface area contributed by atoms with Crippen molar-refractivity contribution in [2.75, 3.05) is 11.9 Å². The maximum absolute atomic E-state index is 12.5. The van der Waals surface area contributed by atoms with Crippen molar-refractivity contribution in [3.63, 3.8) is 0 Å². The fourth-order valence-electron chi connectivity index (χ4n) is 2.95. The van der Waals surface area contributed by atoms with Gasteiger partial charge in [-0.15, -0.1) is 0 Å². The van der Waals surface area contributed by atoms with Gasteiger partial charge in [0, 0.05) is 18.3 Å². The van der Waals surface area contributed by atoms with E-state index in [2.05, 4.69) is 5.32 Å². The van der Waals surface area contributed by atoms with E-state index in [1.165, 1.54) is 19.1 Å². The predicted octanol–water partition coefficient (Wildman–Crippen LogP) is 2.15. The number of esters is 1. The molecule has 0 saturated carbocycles. The molecule has 10 heteroatoms. The predicted molar refractivity (Wildman–Crippen MR) is 104 cm³/mol. The van der Waals surface area contributed by atoms with E-state index in [1.807, 2.05) is 0 Å².